The van der Waals surface area contributed by atoms with Crippen LogP contribution >= 0.6 is 11.3 Å². The number of thiazole rings is 1. The average Bonchev–Trinajstić information content (AvgIpc) is 3.07. The van der Waals surface area contributed by atoms with Crippen molar-refractivity contribution in [2.45, 2.75) is 17.7 Å². The van der Waals surface area contributed by atoms with Crippen LogP contribution in [0.25, 0.3) is 10.2 Å². The summed E-state index contributed by atoms with van der Waals surface area (Å²) in [6, 6.07) is 17.0. The fourth-order valence-electron chi connectivity index (χ4n) is 3.15. The van der Waals surface area contributed by atoms with E-state index in [0.717, 1.165) is 28.4 Å². The van der Waals surface area contributed by atoms with E-state index in [1.165, 1.54) is 4.70 Å². The summed E-state index contributed by atoms with van der Waals surface area (Å²) in [5.41, 5.74) is 1.98. The highest BCUT2D eigenvalue weighted by Crippen LogP contribution is 2.31. The van der Waals surface area contributed by atoms with Crippen LogP contribution in [0, 0.1) is 0 Å². The lowest BCUT2D eigenvalue weighted by Gasteiger charge is -2.07. The summed E-state index contributed by atoms with van der Waals surface area (Å²) < 4.78 is 28.4. The second-order valence-electron chi connectivity index (χ2n) is 6.86. The van der Waals surface area contributed by atoms with Crippen molar-refractivity contribution in [3.05, 3.63) is 71.5 Å². The number of pyridine rings is 1. The van der Waals surface area contributed by atoms with E-state index in [0.29, 0.717) is 36.0 Å². The van der Waals surface area contributed by atoms with Crippen molar-refractivity contribution in [3.63, 3.8) is 0 Å². The normalized spacial score (nSPS) is 13.6. The highest BCUT2D eigenvalue weighted by atomic mass is 32.2. The van der Waals surface area contributed by atoms with E-state index in [1.54, 1.807) is 42.8 Å². The minimum absolute atomic E-state index is 0.550. The molecule has 0 amide bonds. The molecule has 2 N–H and O–H groups in total. The van der Waals surface area contributed by atoms with Crippen molar-refractivity contribution in [1.29, 1.82) is 0 Å². The third kappa shape index (κ3) is 5.42. The van der Waals surface area contributed by atoms with Crippen LogP contribution in [0.5, 0.6) is 17.2 Å². The number of methoxy groups -OCH3 is 1. The fraction of sp³-hybridized carbons (Fsp3) is 0.217. The van der Waals surface area contributed by atoms with Gasteiger partial charge in [0.2, 0.25) is 0 Å². The van der Waals surface area contributed by atoms with Gasteiger partial charge < -0.3 is 14.2 Å². The van der Waals surface area contributed by atoms with Crippen molar-refractivity contribution in [3.8, 4) is 17.2 Å². The lowest BCUT2D eigenvalue weighted by molar-refractivity contribution is 0.297. The van der Waals surface area contributed by atoms with Crippen molar-refractivity contribution >= 4 is 32.5 Å². The monoisotopic (exact) mass is 469 g/mol. The zero-order valence-corrected chi connectivity index (χ0v) is 19.2. The van der Waals surface area contributed by atoms with E-state index >= 15 is 0 Å². The second-order valence-corrected chi connectivity index (χ2v) is 9.04. The summed E-state index contributed by atoms with van der Waals surface area (Å²) in [6.45, 7) is 1.27. The number of hydrogen-bond donors (Lipinski definition) is 1. The molecule has 1 unspecified atom stereocenters. The smallest absolute Gasteiger partial charge is 0.162 e. The molecule has 7 nitrogen and oxygen atoms in total. The predicted molar refractivity (Wildman–Crippen MR) is 126 cm³/mol. The van der Waals surface area contributed by atoms with Gasteiger partial charge in [0.05, 0.1) is 46.1 Å². The molecule has 0 aliphatic carbocycles. The van der Waals surface area contributed by atoms with Crippen LogP contribution in [-0.2, 0) is 17.4 Å². The van der Waals surface area contributed by atoms with Crippen LogP contribution in [-0.4, -0.2) is 34.5 Å². The van der Waals surface area contributed by atoms with E-state index in [9.17, 15) is 4.21 Å². The maximum absolute atomic E-state index is 11.0. The van der Waals surface area contributed by atoms with Gasteiger partial charge in [-0.15, -0.1) is 11.3 Å². The summed E-state index contributed by atoms with van der Waals surface area (Å²) in [6.07, 6.45) is 3.35. The van der Waals surface area contributed by atoms with E-state index in [1.807, 2.05) is 30.3 Å². The SMILES string of the molecule is COc1cccnc1Cc1nc2ccccc2s1.NS(=O)c1ccc2c(c1)OCCCO2. The molecule has 0 radical (unpaired) electrons. The minimum atomic E-state index is -1.47. The number of benzene rings is 2. The molecule has 32 heavy (non-hydrogen) atoms. The molecule has 5 rings (SSSR count). The Morgan fingerprint density at radius 2 is 1.91 bits per heavy atom. The summed E-state index contributed by atoms with van der Waals surface area (Å²) in [4.78, 5) is 9.51. The van der Waals surface area contributed by atoms with Gasteiger partial charge in [0.15, 0.2) is 11.5 Å². The predicted octanol–water partition coefficient (Wildman–Crippen LogP) is 4.12. The molecule has 0 saturated heterocycles. The number of nitrogens with two attached hydrogens (primary N) is 1. The molecule has 1 atom stereocenters. The Bertz CT molecular complexity index is 1200. The van der Waals surface area contributed by atoms with Crippen LogP contribution in [0.3, 0.4) is 0 Å². The molecular weight excluding hydrogens is 446 g/mol. The maximum atomic E-state index is 11.0. The van der Waals surface area contributed by atoms with Gasteiger partial charge in [-0.2, -0.15) is 0 Å². The zero-order chi connectivity index (χ0) is 22.3. The summed E-state index contributed by atoms with van der Waals surface area (Å²) in [7, 11) is 0.197. The molecule has 0 fully saturated rings. The van der Waals surface area contributed by atoms with Crippen LogP contribution in [0.1, 0.15) is 17.1 Å². The van der Waals surface area contributed by atoms with Crippen molar-refractivity contribution < 1.29 is 18.4 Å². The lowest BCUT2D eigenvalue weighted by Crippen LogP contribution is -2.03. The molecular formula is C23H23N3O4S2. The first-order valence-corrected chi connectivity index (χ1v) is 12.0. The summed E-state index contributed by atoms with van der Waals surface area (Å²) in [5.74, 6) is 2.13. The van der Waals surface area contributed by atoms with Crippen molar-refractivity contribution in [2.24, 2.45) is 5.14 Å². The Balaban J connectivity index is 0.000000158. The quantitative estimate of drug-likeness (QED) is 0.483. The Morgan fingerprint density at radius 1 is 1.09 bits per heavy atom. The Kier molecular flexibility index (Phi) is 7.31. The van der Waals surface area contributed by atoms with Crippen LogP contribution in [0.15, 0.2) is 65.7 Å². The van der Waals surface area contributed by atoms with E-state index < -0.39 is 11.0 Å². The highest BCUT2D eigenvalue weighted by molar-refractivity contribution is 7.82. The number of ether oxygens (including phenoxy) is 3. The summed E-state index contributed by atoms with van der Waals surface area (Å²) >= 11 is 1.70. The first-order valence-electron chi connectivity index (χ1n) is 10.0. The molecule has 2 aromatic carbocycles. The third-order valence-corrected chi connectivity index (χ3v) is 6.43. The number of hydrogen-bond acceptors (Lipinski definition) is 7. The maximum Gasteiger partial charge on any atom is 0.162 e. The largest absolute Gasteiger partial charge is 0.495 e. The Morgan fingerprint density at radius 3 is 2.69 bits per heavy atom. The van der Waals surface area contributed by atoms with Crippen LogP contribution in [0.2, 0.25) is 0 Å². The molecule has 166 valence electrons. The first-order chi connectivity index (χ1) is 15.6. The number of para-hydroxylation sites is 1. The van der Waals surface area contributed by atoms with Crippen LogP contribution in [0.4, 0.5) is 0 Å². The molecule has 3 heterocycles. The fourth-order valence-corrected chi connectivity index (χ4v) is 4.55. The third-order valence-electron chi connectivity index (χ3n) is 4.68. The van der Waals surface area contributed by atoms with Crippen LogP contribution < -0.4 is 19.3 Å². The van der Waals surface area contributed by atoms with Gasteiger partial charge in [-0.25, -0.2) is 14.3 Å². The number of aromatic nitrogens is 2. The summed E-state index contributed by atoms with van der Waals surface area (Å²) in [5, 5.41) is 6.32. The molecule has 0 spiro atoms. The van der Waals surface area contributed by atoms with Gasteiger partial charge in [0.1, 0.15) is 16.7 Å². The number of fused-ring (bicyclic) bond motifs is 2. The highest BCUT2D eigenvalue weighted by Gasteiger charge is 2.12. The van der Waals surface area contributed by atoms with Crippen molar-refractivity contribution in [2.75, 3.05) is 20.3 Å². The zero-order valence-electron chi connectivity index (χ0n) is 17.5. The molecule has 1 aliphatic heterocycles. The molecule has 4 aromatic rings. The molecule has 2 aromatic heterocycles. The van der Waals surface area contributed by atoms with Gasteiger partial charge in [-0.1, -0.05) is 12.1 Å². The van der Waals surface area contributed by atoms with E-state index in [-0.39, 0.29) is 0 Å². The van der Waals surface area contributed by atoms with Crippen molar-refractivity contribution in [1.82, 2.24) is 9.97 Å². The second kappa shape index (κ2) is 10.5. The lowest BCUT2D eigenvalue weighted by atomic mass is 10.2. The van der Waals surface area contributed by atoms with Gasteiger partial charge in [-0.3, -0.25) is 4.98 Å². The molecule has 0 bridgehead atoms. The van der Waals surface area contributed by atoms with Gasteiger partial charge in [0, 0.05) is 25.1 Å². The van der Waals surface area contributed by atoms with E-state index in [2.05, 4.69) is 16.0 Å². The van der Waals surface area contributed by atoms with E-state index in [4.69, 9.17) is 19.3 Å². The Hall–Kier alpha value is -3.01. The number of nitrogens with zero attached hydrogens (tertiary/aromatic N) is 2. The minimum Gasteiger partial charge on any atom is -0.495 e. The molecule has 0 saturated carbocycles. The average molecular weight is 470 g/mol. The molecule has 1 aliphatic rings. The standard InChI is InChI=1S/C14H12N2OS.C9H11NO3S/c1-17-12-6-4-8-15-11(12)9-14-16-10-5-2-3-7-13(10)18-14;10-14(11)7-2-3-8-9(6-7)13-5-1-4-12-8/h2-8H,9H2,1H3;2-3,6H,1,4-5,10H2. The number of rotatable bonds is 4. The molecule has 9 heteroatoms. The Labute approximate surface area is 192 Å². The van der Waals surface area contributed by atoms with Gasteiger partial charge in [0.25, 0.3) is 0 Å². The topological polar surface area (TPSA) is 96.6 Å². The van der Waals surface area contributed by atoms with Gasteiger partial charge >= 0.3 is 0 Å². The first kappa shape index (κ1) is 22.2. The van der Waals surface area contributed by atoms with Gasteiger partial charge in [-0.05, 0) is 36.4 Å².